The number of hydrogen-bond donors (Lipinski definition) is 0. The van der Waals surface area contributed by atoms with Gasteiger partial charge in [0.25, 0.3) is 5.91 Å². The third kappa shape index (κ3) is 2.85. The summed E-state index contributed by atoms with van der Waals surface area (Å²) in [5.41, 5.74) is 1.82. The van der Waals surface area contributed by atoms with Gasteiger partial charge in [-0.05, 0) is 36.8 Å². The standard InChI is InChI=1S/C17H15FN2OS/c1-11-7-8-12(9-13(11)18)17(21)20(2)10-16-19-14-5-3-4-6-15(14)22-16/h3-9H,10H2,1-2H3. The van der Waals surface area contributed by atoms with Gasteiger partial charge in [-0.2, -0.15) is 0 Å². The Hall–Kier alpha value is -2.27. The monoisotopic (exact) mass is 314 g/mol. The summed E-state index contributed by atoms with van der Waals surface area (Å²) in [6, 6.07) is 12.4. The molecule has 0 bridgehead atoms. The van der Waals surface area contributed by atoms with Crippen LogP contribution in [0.25, 0.3) is 10.2 Å². The van der Waals surface area contributed by atoms with Gasteiger partial charge in [0.15, 0.2) is 0 Å². The van der Waals surface area contributed by atoms with E-state index in [9.17, 15) is 9.18 Å². The van der Waals surface area contributed by atoms with Crippen molar-refractivity contribution in [3.05, 3.63) is 64.4 Å². The molecule has 0 unspecified atom stereocenters. The van der Waals surface area contributed by atoms with Crippen molar-refractivity contribution in [1.29, 1.82) is 0 Å². The Morgan fingerprint density at radius 3 is 2.77 bits per heavy atom. The van der Waals surface area contributed by atoms with Crippen LogP contribution in [0.2, 0.25) is 0 Å². The number of amides is 1. The van der Waals surface area contributed by atoms with Crippen LogP contribution in [0.3, 0.4) is 0 Å². The molecule has 0 saturated heterocycles. The van der Waals surface area contributed by atoms with Gasteiger partial charge in [-0.25, -0.2) is 9.37 Å². The highest BCUT2D eigenvalue weighted by Crippen LogP contribution is 2.23. The van der Waals surface area contributed by atoms with Crippen LogP contribution in [0.5, 0.6) is 0 Å². The molecule has 3 nitrogen and oxygen atoms in total. The van der Waals surface area contributed by atoms with Crippen LogP contribution >= 0.6 is 11.3 Å². The van der Waals surface area contributed by atoms with E-state index in [1.165, 1.54) is 6.07 Å². The van der Waals surface area contributed by atoms with Crippen molar-refractivity contribution < 1.29 is 9.18 Å². The second kappa shape index (κ2) is 5.85. The highest BCUT2D eigenvalue weighted by atomic mass is 32.1. The highest BCUT2D eigenvalue weighted by molar-refractivity contribution is 7.18. The predicted octanol–water partition coefficient (Wildman–Crippen LogP) is 4.02. The van der Waals surface area contributed by atoms with Gasteiger partial charge in [0.05, 0.1) is 16.8 Å². The van der Waals surface area contributed by atoms with Crippen LogP contribution in [0, 0.1) is 12.7 Å². The Morgan fingerprint density at radius 2 is 2.05 bits per heavy atom. The third-order valence-electron chi connectivity index (χ3n) is 3.48. The van der Waals surface area contributed by atoms with E-state index >= 15 is 0 Å². The first kappa shape index (κ1) is 14.7. The fourth-order valence-corrected chi connectivity index (χ4v) is 3.23. The lowest BCUT2D eigenvalue weighted by Gasteiger charge is -2.15. The molecule has 0 aliphatic carbocycles. The Labute approximate surface area is 132 Å². The van der Waals surface area contributed by atoms with Gasteiger partial charge in [-0.3, -0.25) is 4.79 Å². The van der Waals surface area contributed by atoms with Gasteiger partial charge in [-0.15, -0.1) is 11.3 Å². The number of hydrogen-bond acceptors (Lipinski definition) is 3. The average molecular weight is 314 g/mol. The fourth-order valence-electron chi connectivity index (χ4n) is 2.21. The Kier molecular flexibility index (Phi) is 3.90. The number of aryl methyl sites for hydroxylation is 1. The van der Waals surface area contributed by atoms with E-state index in [-0.39, 0.29) is 11.7 Å². The Balaban J connectivity index is 1.79. The van der Waals surface area contributed by atoms with Crippen molar-refractivity contribution in [2.45, 2.75) is 13.5 Å². The summed E-state index contributed by atoms with van der Waals surface area (Å²) >= 11 is 1.56. The number of benzene rings is 2. The van der Waals surface area contributed by atoms with Crippen LogP contribution in [0.15, 0.2) is 42.5 Å². The molecule has 0 aliphatic rings. The summed E-state index contributed by atoms with van der Waals surface area (Å²) in [6.07, 6.45) is 0. The van der Waals surface area contributed by atoms with Crippen LogP contribution in [-0.2, 0) is 6.54 Å². The first-order valence-electron chi connectivity index (χ1n) is 6.90. The third-order valence-corrected chi connectivity index (χ3v) is 4.50. The van der Waals surface area contributed by atoms with Crippen molar-refractivity contribution in [2.75, 3.05) is 7.05 Å². The summed E-state index contributed by atoms with van der Waals surface area (Å²) in [5, 5.41) is 0.865. The molecule has 2 aromatic carbocycles. The van der Waals surface area contributed by atoms with E-state index in [4.69, 9.17) is 0 Å². The molecule has 0 saturated carbocycles. The van der Waals surface area contributed by atoms with Crippen molar-refractivity contribution in [3.8, 4) is 0 Å². The summed E-state index contributed by atoms with van der Waals surface area (Å²) in [4.78, 5) is 18.4. The molecule has 112 valence electrons. The summed E-state index contributed by atoms with van der Waals surface area (Å²) in [7, 11) is 1.70. The molecule has 0 aliphatic heterocycles. The smallest absolute Gasteiger partial charge is 0.254 e. The van der Waals surface area contributed by atoms with Crippen molar-refractivity contribution >= 4 is 27.5 Å². The quantitative estimate of drug-likeness (QED) is 0.731. The Morgan fingerprint density at radius 1 is 1.27 bits per heavy atom. The number of para-hydroxylation sites is 1. The molecule has 0 fully saturated rings. The lowest BCUT2D eigenvalue weighted by atomic mass is 10.1. The number of aromatic nitrogens is 1. The maximum atomic E-state index is 13.6. The molecule has 1 heterocycles. The SMILES string of the molecule is Cc1ccc(C(=O)N(C)Cc2nc3ccccc3s2)cc1F. The first-order chi connectivity index (χ1) is 10.5. The van der Waals surface area contributed by atoms with E-state index in [1.807, 2.05) is 24.3 Å². The van der Waals surface area contributed by atoms with Gasteiger partial charge < -0.3 is 4.90 Å². The van der Waals surface area contributed by atoms with Gasteiger partial charge in [0.1, 0.15) is 10.8 Å². The van der Waals surface area contributed by atoms with E-state index < -0.39 is 0 Å². The second-order valence-corrected chi connectivity index (χ2v) is 6.32. The topological polar surface area (TPSA) is 33.2 Å². The molecule has 1 aromatic heterocycles. The maximum Gasteiger partial charge on any atom is 0.254 e. The van der Waals surface area contributed by atoms with Crippen molar-refractivity contribution in [3.63, 3.8) is 0 Å². The van der Waals surface area contributed by atoms with Crippen LogP contribution in [0.4, 0.5) is 4.39 Å². The van der Waals surface area contributed by atoms with Gasteiger partial charge in [0.2, 0.25) is 0 Å². The molecule has 0 spiro atoms. The second-order valence-electron chi connectivity index (χ2n) is 5.20. The van der Waals surface area contributed by atoms with Crippen LogP contribution in [-0.4, -0.2) is 22.8 Å². The molecule has 0 radical (unpaired) electrons. The minimum absolute atomic E-state index is 0.210. The first-order valence-corrected chi connectivity index (χ1v) is 7.72. The average Bonchev–Trinajstić information content (AvgIpc) is 2.91. The molecular weight excluding hydrogens is 299 g/mol. The minimum atomic E-state index is -0.362. The van der Waals surface area contributed by atoms with Gasteiger partial charge in [0, 0.05) is 12.6 Å². The number of carbonyl (C=O) groups is 1. The molecule has 3 aromatic rings. The minimum Gasteiger partial charge on any atom is -0.335 e. The normalized spacial score (nSPS) is 10.9. The van der Waals surface area contributed by atoms with E-state index in [1.54, 1.807) is 42.3 Å². The van der Waals surface area contributed by atoms with Crippen molar-refractivity contribution in [1.82, 2.24) is 9.88 Å². The maximum absolute atomic E-state index is 13.6. The molecule has 3 rings (SSSR count). The van der Waals surface area contributed by atoms with Crippen molar-refractivity contribution in [2.24, 2.45) is 0 Å². The number of nitrogens with zero attached hydrogens (tertiary/aromatic N) is 2. The van der Waals surface area contributed by atoms with E-state index in [2.05, 4.69) is 4.98 Å². The lowest BCUT2D eigenvalue weighted by molar-refractivity contribution is 0.0784. The summed E-state index contributed by atoms with van der Waals surface area (Å²) < 4.78 is 14.7. The number of thiazole rings is 1. The molecule has 0 N–H and O–H groups in total. The predicted molar refractivity (Wildman–Crippen MR) is 86.6 cm³/mol. The Bertz CT molecular complexity index is 811. The van der Waals surface area contributed by atoms with E-state index in [0.717, 1.165) is 15.2 Å². The zero-order valence-electron chi connectivity index (χ0n) is 12.3. The molecule has 1 amide bonds. The number of carbonyl (C=O) groups excluding carboxylic acids is 1. The fraction of sp³-hybridized carbons (Fsp3) is 0.176. The van der Waals surface area contributed by atoms with Gasteiger partial charge in [-0.1, -0.05) is 18.2 Å². The highest BCUT2D eigenvalue weighted by Gasteiger charge is 2.15. The lowest BCUT2D eigenvalue weighted by Crippen LogP contribution is -2.26. The van der Waals surface area contributed by atoms with Crippen LogP contribution in [0.1, 0.15) is 20.9 Å². The van der Waals surface area contributed by atoms with Crippen LogP contribution < -0.4 is 0 Å². The van der Waals surface area contributed by atoms with E-state index in [0.29, 0.717) is 17.7 Å². The molecule has 22 heavy (non-hydrogen) atoms. The summed E-state index contributed by atoms with van der Waals surface area (Å²) in [5.74, 6) is -0.572. The largest absolute Gasteiger partial charge is 0.335 e. The number of fused-ring (bicyclic) bond motifs is 1. The number of halogens is 1. The summed E-state index contributed by atoms with van der Waals surface area (Å²) in [6.45, 7) is 2.09. The van der Waals surface area contributed by atoms with Gasteiger partial charge >= 0.3 is 0 Å². The number of rotatable bonds is 3. The molecule has 5 heteroatoms. The zero-order valence-corrected chi connectivity index (χ0v) is 13.2. The zero-order chi connectivity index (χ0) is 15.7. The molecule has 0 atom stereocenters. The molecular formula is C17H15FN2OS.